The number of thiol groups is 1. The zero-order chi connectivity index (χ0) is 11.8. The molecule has 0 heterocycles. The molecular weight excluding hydrogens is 196 g/mol. The predicted octanol–water partition coefficient (Wildman–Crippen LogP) is 3.06. The molecule has 0 unspecified atom stereocenters. The van der Waals surface area contributed by atoms with Crippen molar-refractivity contribution in [2.75, 3.05) is 0 Å². The summed E-state index contributed by atoms with van der Waals surface area (Å²) in [6.45, 7) is 13.1. The van der Waals surface area contributed by atoms with Gasteiger partial charge in [0.25, 0.3) is 0 Å². The van der Waals surface area contributed by atoms with Gasteiger partial charge in [0.05, 0.1) is 5.41 Å². The predicted molar refractivity (Wildman–Crippen MR) is 62.7 cm³/mol. The third-order valence-electron chi connectivity index (χ3n) is 2.44. The van der Waals surface area contributed by atoms with E-state index in [1.54, 1.807) is 0 Å². The van der Waals surface area contributed by atoms with E-state index in [1.807, 2.05) is 48.5 Å². The number of esters is 1. The Morgan fingerprint density at radius 3 is 1.57 bits per heavy atom. The molecule has 0 aliphatic carbocycles. The van der Waals surface area contributed by atoms with Crippen molar-refractivity contribution in [2.24, 2.45) is 5.41 Å². The average Bonchev–Trinajstić information content (AvgIpc) is 1.80. The molecule has 0 spiro atoms. The summed E-state index contributed by atoms with van der Waals surface area (Å²) in [5, 5.41) is 0. The fourth-order valence-electron chi connectivity index (χ4n) is 0.655. The third-order valence-corrected chi connectivity index (χ3v) is 3.00. The van der Waals surface area contributed by atoms with E-state index in [0.717, 1.165) is 0 Å². The molecule has 0 aliphatic rings. The van der Waals surface area contributed by atoms with E-state index in [2.05, 4.69) is 12.6 Å². The quantitative estimate of drug-likeness (QED) is 0.569. The van der Waals surface area contributed by atoms with E-state index in [9.17, 15) is 4.79 Å². The van der Waals surface area contributed by atoms with Crippen LogP contribution in [-0.2, 0) is 9.53 Å². The normalized spacial score (nSPS) is 14.0. The van der Waals surface area contributed by atoms with Gasteiger partial charge in [-0.15, -0.1) is 0 Å². The summed E-state index contributed by atoms with van der Waals surface area (Å²) >= 11 is 4.42. The summed E-state index contributed by atoms with van der Waals surface area (Å²) in [6.07, 6.45) is 0. The Morgan fingerprint density at radius 1 is 1.00 bits per heavy atom. The van der Waals surface area contributed by atoms with Gasteiger partial charge in [-0.1, -0.05) is 0 Å². The smallest absolute Gasteiger partial charge is 0.313 e. The van der Waals surface area contributed by atoms with Crippen molar-refractivity contribution < 1.29 is 9.53 Å². The molecule has 0 aliphatic heterocycles. The molecule has 14 heavy (non-hydrogen) atoms. The second-order valence-corrected chi connectivity index (χ2v) is 6.80. The molecule has 0 bridgehead atoms. The summed E-state index contributed by atoms with van der Waals surface area (Å²) in [5.74, 6) is -0.204. The lowest BCUT2D eigenvalue weighted by Gasteiger charge is -2.37. The van der Waals surface area contributed by atoms with Crippen LogP contribution in [0.3, 0.4) is 0 Å². The van der Waals surface area contributed by atoms with Gasteiger partial charge in [0, 0.05) is 4.75 Å². The van der Waals surface area contributed by atoms with E-state index in [0.29, 0.717) is 0 Å². The zero-order valence-corrected chi connectivity index (χ0v) is 11.2. The molecule has 0 aromatic rings. The molecule has 0 saturated carbocycles. The Labute approximate surface area is 92.8 Å². The molecule has 0 rings (SSSR count). The Balaban J connectivity index is 4.70. The van der Waals surface area contributed by atoms with Crippen molar-refractivity contribution in [3.8, 4) is 0 Å². The van der Waals surface area contributed by atoms with Gasteiger partial charge < -0.3 is 4.74 Å². The summed E-state index contributed by atoms with van der Waals surface area (Å²) in [5.41, 5.74) is -1.03. The van der Waals surface area contributed by atoms with Gasteiger partial charge >= 0.3 is 5.97 Å². The van der Waals surface area contributed by atoms with Crippen molar-refractivity contribution >= 4 is 18.6 Å². The number of hydrogen-bond acceptors (Lipinski definition) is 3. The zero-order valence-electron chi connectivity index (χ0n) is 10.3. The van der Waals surface area contributed by atoms with Crippen molar-refractivity contribution in [3.05, 3.63) is 0 Å². The Bertz CT molecular complexity index is 218. The number of carbonyl (C=O) groups excluding carboxylic acids is 1. The first-order valence-electron chi connectivity index (χ1n) is 4.84. The van der Waals surface area contributed by atoms with Gasteiger partial charge in [-0.05, 0) is 48.5 Å². The maximum Gasteiger partial charge on any atom is 0.313 e. The van der Waals surface area contributed by atoms with Crippen LogP contribution in [-0.4, -0.2) is 16.3 Å². The molecule has 0 saturated heterocycles. The van der Waals surface area contributed by atoms with Crippen LogP contribution >= 0.6 is 12.6 Å². The van der Waals surface area contributed by atoms with Gasteiger partial charge in [-0.25, -0.2) is 0 Å². The monoisotopic (exact) mass is 218 g/mol. The highest BCUT2D eigenvalue weighted by molar-refractivity contribution is 7.81. The lowest BCUT2D eigenvalue weighted by Crippen LogP contribution is -2.44. The maximum absolute atomic E-state index is 11.9. The first kappa shape index (κ1) is 13.8. The molecule has 0 aromatic heterocycles. The lowest BCUT2D eigenvalue weighted by atomic mass is 9.80. The third kappa shape index (κ3) is 3.52. The number of rotatable bonds is 2. The van der Waals surface area contributed by atoms with Crippen LogP contribution in [0.5, 0.6) is 0 Å². The topological polar surface area (TPSA) is 26.3 Å². The highest BCUT2D eigenvalue weighted by atomic mass is 32.1. The Morgan fingerprint density at radius 2 is 1.36 bits per heavy atom. The molecule has 0 radical (unpaired) electrons. The summed E-state index contributed by atoms with van der Waals surface area (Å²) in [4.78, 5) is 11.9. The Kier molecular flexibility index (Phi) is 3.71. The molecular formula is C11H22O2S. The molecule has 0 aromatic carbocycles. The molecule has 3 heteroatoms. The summed E-state index contributed by atoms with van der Waals surface area (Å²) in [7, 11) is 0. The standard InChI is InChI=1S/C11H22O2S/c1-9(2,3)13-8(12)10(4,5)11(6,7)14/h14H,1-7H3. The first-order chi connectivity index (χ1) is 5.88. The van der Waals surface area contributed by atoms with E-state index in [4.69, 9.17) is 4.74 Å². The first-order valence-corrected chi connectivity index (χ1v) is 5.28. The van der Waals surface area contributed by atoms with E-state index in [-0.39, 0.29) is 5.97 Å². The second-order valence-electron chi connectivity index (χ2n) is 5.69. The molecule has 0 fully saturated rings. The van der Waals surface area contributed by atoms with Gasteiger partial charge in [-0.2, -0.15) is 12.6 Å². The van der Waals surface area contributed by atoms with Crippen molar-refractivity contribution in [1.29, 1.82) is 0 Å². The van der Waals surface area contributed by atoms with Crippen molar-refractivity contribution in [1.82, 2.24) is 0 Å². The molecule has 0 atom stereocenters. The minimum Gasteiger partial charge on any atom is -0.460 e. The van der Waals surface area contributed by atoms with Crippen LogP contribution in [0.4, 0.5) is 0 Å². The van der Waals surface area contributed by atoms with E-state index in [1.165, 1.54) is 0 Å². The van der Waals surface area contributed by atoms with E-state index >= 15 is 0 Å². The Hall–Kier alpha value is -0.180. The van der Waals surface area contributed by atoms with Gasteiger partial charge in [-0.3, -0.25) is 4.79 Å². The minimum atomic E-state index is -0.594. The maximum atomic E-state index is 11.9. The molecule has 2 nitrogen and oxygen atoms in total. The summed E-state index contributed by atoms with van der Waals surface area (Å²) in [6, 6.07) is 0. The number of carbonyl (C=O) groups is 1. The second kappa shape index (κ2) is 3.76. The SMILES string of the molecule is CC(C)(C)OC(=O)C(C)(C)C(C)(C)S. The lowest BCUT2D eigenvalue weighted by molar-refractivity contribution is -0.167. The van der Waals surface area contributed by atoms with Crippen LogP contribution in [0.2, 0.25) is 0 Å². The van der Waals surface area contributed by atoms with Crippen molar-refractivity contribution in [2.45, 2.75) is 58.8 Å². The van der Waals surface area contributed by atoms with Gasteiger partial charge in [0.1, 0.15) is 5.60 Å². The van der Waals surface area contributed by atoms with Crippen LogP contribution < -0.4 is 0 Å². The average molecular weight is 218 g/mol. The van der Waals surface area contributed by atoms with Gasteiger partial charge in [0.15, 0.2) is 0 Å². The fourth-order valence-corrected chi connectivity index (χ4v) is 0.747. The number of ether oxygens (including phenoxy) is 1. The van der Waals surface area contributed by atoms with Crippen LogP contribution in [0.1, 0.15) is 48.5 Å². The minimum absolute atomic E-state index is 0.204. The van der Waals surface area contributed by atoms with Crippen LogP contribution in [0, 0.1) is 5.41 Å². The van der Waals surface area contributed by atoms with Gasteiger partial charge in [0.2, 0.25) is 0 Å². The fraction of sp³-hybridized carbons (Fsp3) is 0.909. The molecule has 0 N–H and O–H groups in total. The number of hydrogen-bond donors (Lipinski definition) is 1. The van der Waals surface area contributed by atoms with Crippen LogP contribution in [0.25, 0.3) is 0 Å². The highest BCUT2D eigenvalue weighted by Gasteiger charge is 2.43. The largest absolute Gasteiger partial charge is 0.460 e. The summed E-state index contributed by atoms with van der Waals surface area (Å²) < 4.78 is 4.95. The van der Waals surface area contributed by atoms with Crippen LogP contribution in [0.15, 0.2) is 0 Å². The molecule has 0 amide bonds. The highest BCUT2D eigenvalue weighted by Crippen LogP contribution is 2.37. The van der Waals surface area contributed by atoms with E-state index < -0.39 is 15.8 Å². The molecule has 84 valence electrons. The van der Waals surface area contributed by atoms with Crippen molar-refractivity contribution in [3.63, 3.8) is 0 Å².